The largest absolute Gasteiger partial charge is 0.375 e. The van der Waals surface area contributed by atoms with E-state index in [9.17, 15) is 0 Å². The molecule has 2 fully saturated rings. The van der Waals surface area contributed by atoms with Gasteiger partial charge in [-0.05, 0) is 44.4 Å². The second-order valence-corrected chi connectivity index (χ2v) is 6.51. The van der Waals surface area contributed by atoms with Crippen molar-refractivity contribution < 1.29 is 4.74 Å². The van der Waals surface area contributed by atoms with Crippen LogP contribution in [0, 0.1) is 0 Å². The van der Waals surface area contributed by atoms with Crippen molar-refractivity contribution in [2.75, 3.05) is 18.1 Å². The first kappa shape index (κ1) is 14.2. The van der Waals surface area contributed by atoms with E-state index < -0.39 is 0 Å². The normalized spacial score (nSPS) is 26.9. The van der Waals surface area contributed by atoms with Crippen LogP contribution >= 0.6 is 11.6 Å². The molecule has 3 rings (SSSR count). The van der Waals surface area contributed by atoms with Crippen molar-refractivity contribution in [3.05, 3.63) is 28.8 Å². The number of hydrogen-bond acceptors (Lipinski definition) is 3. The molecule has 1 heterocycles. The van der Waals surface area contributed by atoms with Gasteiger partial charge in [0, 0.05) is 35.9 Å². The van der Waals surface area contributed by atoms with Gasteiger partial charge in [-0.15, -0.1) is 0 Å². The van der Waals surface area contributed by atoms with E-state index in [1.807, 2.05) is 6.07 Å². The summed E-state index contributed by atoms with van der Waals surface area (Å²) in [6, 6.07) is 7.35. The van der Waals surface area contributed by atoms with Crippen LogP contribution < -0.4 is 10.2 Å². The van der Waals surface area contributed by atoms with Gasteiger partial charge in [0.25, 0.3) is 0 Å². The number of halogens is 1. The average Bonchev–Trinajstić information content (AvgIpc) is 3.24. The summed E-state index contributed by atoms with van der Waals surface area (Å²) < 4.78 is 5.73. The van der Waals surface area contributed by atoms with Crippen molar-refractivity contribution >= 4 is 17.3 Å². The SMILES string of the molecule is CC1CN(c2cc(Cl)ccc2CNC2CC2)C(C)CO1. The van der Waals surface area contributed by atoms with Gasteiger partial charge in [0.1, 0.15) is 0 Å². The van der Waals surface area contributed by atoms with Gasteiger partial charge in [-0.2, -0.15) is 0 Å². The number of ether oxygens (including phenoxy) is 1. The van der Waals surface area contributed by atoms with Gasteiger partial charge >= 0.3 is 0 Å². The molecule has 1 N–H and O–H groups in total. The maximum absolute atomic E-state index is 6.22. The third kappa shape index (κ3) is 3.27. The second kappa shape index (κ2) is 5.92. The maximum atomic E-state index is 6.22. The molecule has 0 aromatic heterocycles. The summed E-state index contributed by atoms with van der Waals surface area (Å²) in [6.07, 6.45) is 2.90. The molecule has 110 valence electrons. The lowest BCUT2D eigenvalue weighted by Crippen LogP contribution is -2.48. The van der Waals surface area contributed by atoms with Crippen molar-refractivity contribution in [2.45, 2.75) is 51.4 Å². The molecule has 1 aromatic carbocycles. The van der Waals surface area contributed by atoms with Crippen LogP contribution in [0.15, 0.2) is 18.2 Å². The maximum Gasteiger partial charge on any atom is 0.0723 e. The van der Waals surface area contributed by atoms with Gasteiger partial charge in [-0.1, -0.05) is 17.7 Å². The lowest BCUT2D eigenvalue weighted by Gasteiger charge is -2.39. The van der Waals surface area contributed by atoms with Crippen molar-refractivity contribution in [3.8, 4) is 0 Å². The third-order valence-corrected chi connectivity index (χ3v) is 4.36. The van der Waals surface area contributed by atoms with Crippen LogP contribution in [0.4, 0.5) is 5.69 Å². The molecule has 0 spiro atoms. The summed E-state index contributed by atoms with van der Waals surface area (Å²) in [5.41, 5.74) is 2.59. The van der Waals surface area contributed by atoms with Crippen LogP contribution in [-0.2, 0) is 11.3 Å². The second-order valence-electron chi connectivity index (χ2n) is 6.07. The lowest BCUT2D eigenvalue weighted by atomic mass is 10.1. The number of nitrogens with one attached hydrogen (secondary N) is 1. The van der Waals surface area contributed by atoms with Crippen LogP contribution in [0.2, 0.25) is 5.02 Å². The zero-order valence-electron chi connectivity index (χ0n) is 12.2. The van der Waals surface area contributed by atoms with E-state index >= 15 is 0 Å². The number of rotatable bonds is 4. The molecule has 1 aromatic rings. The molecule has 2 aliphatic rings. The first-order chi connectivity index (χ1) is 9.63. The van der Waals surface area contributed by atoms with Crippen molar-refractivity contribution in [3.63, 3.8) is 0 Å². The van der Waals surface area contributed by atoms with Crippen LogP contribution in [0.5, 0.6) is 0 Å². The highest BCUT2D eigenvalue weighted by molar-refractivity contribution is 6.30. The van der Waals surface area contributed by atoms with Crippen molar-refractivity contribution in [2.24, 2.45) is 0 Å². The summed E-state index contributed by atoms with van der Waals surface area (Å²) in [6.45, 7) is 6.98. The van der Waals surface area contributed by atoms with Crippen LogP contribution in [0.25, 0.3) is 0 Å². The van der Waals surface area contributed by atoms with E-state index in [1.165, 1.54) is 24.1 Å². The van der Waals surface area contributed by atoms with E-state index in [-0.39, 0.29) is 6.10 Å². The van der Waals surface area contributed by atoms with Gasteiger partial charge in [-0.3, -0.25) is 0 Å². The monoisotopic (exact) mass is 294 g/mol. The van der Waals surface area contributed by atoms with Crippen LogP contribution in [0.1, 0.15) is 32.3 Å². The Kier molecular flexibility index (Phi) is 4.20. The summed E-state index contributed by atoms with van der Waals surface area (Å²) in [4.78, 5) is 2.43. The van der Waals surface area contributed by atoms with E-state index in [0.717, 1.165) is 30.8 Å². The molecular weight excluding hydrogens is 272 g/mol. The molecule has 20 heavy (non-hydrogen) atoms. The molecule has 0 bridgehead atoms. The summed E-state index contributed by atoms with van der Waals surface area (Å²) in [7, 11) is 0. The molecular formula is C16H23ClN2O. The Morgan fingerprint density at radius 1 is 1.35 bits per heavy atom. The topological polar surface area (TPSA) is 24.5 Å². The van der Waals surface area contributed by atoms with Crippen LogP contribution in [0.3, 0.4) is 0 Å². The number of hydrogen-bond donors (Lipinski definition) is 1. The van der Waals surface area contributed by atoms with E-state index in [2.05, 4.69) is 36.2 Å². The number of anilines is 1. The molecule has 1 aliphatic heterocycles. The minimum absolute atomic E-state index is 0.273. The molecule has 4 heteroatoms. The Morgan fingerprint density at radius 2 is 2.15 bits per heavy atom. The van der Waals surface area contributed by atoms with Crippen molar-refractivity contribution in [1.82, 2.24) is 5.32 Å². The van der Waals surface area contributed by atoms with E-state index in [1.54, 1.807) is 0 Å². The predicted octanol–water partition coefficient (Wildman–Crippen LogP) is 3.21. The fourth-order valence-corrected chi connectivity index (χ4v) is 2.90. The van der Waals surface area contributed by atoms with Gasteiger partial charge in [0.15, 0.2) is 0 Å². The molecule has 1 aliphatic carbocycles. The quantitative estimate of drug-likeness (QED) is 0.923. The molecule has 2 atom stereocenters. The zero-order valence-corrected chi connectivity index (χ0v) is 13.0. The molecule has 1 saturated carbocycles. The molecule has 1 saturated heterocycles. The minimum Gasteiger partial charge on any atom is -0.375 e. The fourth-order valence-electron chi connectivity index (χ4n) is 2.73. The third-order valence-electron chi connectivity index (χ3n) is 4.12. The summed E-state index contributed by atoms with van der Waals surface area (Å²) in [5, 5.41) is 4.40. The predicted molar refractivity (Wildman–Crippen MR) is 83.5 cm³/mol. The number of morpholine rings is 1. The number of nitrogens with zero attached hydrogens (tertiary/aromatic N) is 1. The van der Waals surface area contributed by atoms with Crippen LogP contribution in [-0.4, -0.2) is 31.3 Å². The average molecular weight is 295 g/mol. The standard InChI is InChI=1S/C16H23ClN2O/c1-11-10-20-12(2)9-19(11)16-7-14(17)4-3-13(16)8-18-15-5-6-15/h3-4,7,11-12,15,18H,5-6,8-10H2,1-2H3. The number of benzene rings is 1. The Morgan fingerprint density at radius 3 is 2.90 bits per heavy atom. The highest BCUT2D eigenvalue weighted by atomic mass is 35.5. The minimum atomic E-state index is 0.273. The van der Waals surface area contributed by atoms with Crippen molar-refractivity contribution in [1.29, 1.82) is 0 Å². The first-order valence-corrected chi connectivity index (χ1v) is 7.91. The Balaban J connectivity index is 1.82. The fraction of sp³-hybridized carbons (Fsp3) is 0.625. The summed E-state index contributed by atoms with van der Waals surface area (Å²) in [5.74, 6) is 0. The Labute approximate surface area is 126 Å². The van der Waals surface area contributed by atoms with Gasteiger partial charge in [-0.25, -0.2) is 0 Å². The Bertz CT molecular complexity index is 476. The van der Waals surface area contributed by atoms with Gasteiger partial charge in [0.05, 0.1) is 12.7 Å². The first-order valence-electron chi connectivity index (χ1n) is 7.53. The molecule has 0 radical (unpaired) electrons. The molecule has 0 amide bonds. The highest BCUT2D eigenvalue weighted by Crippen LogP contribution is 2.30. The van der Waals surface area contributed by atoms with Gasteiger partial charge < -0.3 is 15.0 Å². The Hall–Kier alpha value is -0.770. The van der Waals surface area contributed by atoms with Gasteiger partial charge in [0.2, 0.25) is 0 Å². The zero-order chi connectivity index (χ0) is 14.1. The highest BCUT2D eigenvalue weighted by Gasteiger charge is 2.26. The van der Waals surface area contributed by atoms with E-state index in [0.29, 0.717) is 6.04 Å². The summed E-state index contributed by atoms with van der Waals surface area (Å²) >= 11 is 6.22. The molecule has 3 nitrogen and oxygen atoms in total. The lowest BCUT2D eigenvalue weighted by molar-refractivity contribution is 0.0343. The molecule has 2 unspecified atom stereocenters. The van der Waals surface area contributed by atoms with E-state index in [4.69, 9.17) is 16.3 Å². The smallest absolute Gasteiger partial charge is 0.0723 e.